The molecule has 0 heterocycles. The van der Waals surface area contributed by atoms with E-state index in [1.165, 1.54) is 25.7 Å². The molecule has 0 unspecified atom stereocenters. The van der Waals surface area contributed by atoms with Gasteiger partial charge in [0.2, 0.25) is 0 Å². The molecule has 1 aliphatic carbocycles. The molecule has 1 aliphatic rings. The number of halogens is 3. The fourth-order valence-electron chi connectivity index (χ4n) is 3.22. The maximum atomic E-state index is 6.22. The lowest BCUT2D eigenvalue weighted by Crippen LogP contribution is -2.25. The zero-order valence-electron chi connectivity index (χ0n) is 14.7. The standard InChI is InChI=1S/C20H22BrCl2NO2/c1-25-19-10-13(11-24-14-5-2-3-6-14)9-16(21)20(19)26-12-15-17(22)7-4-8-18(15)23/h4,7-10,14,24H,2-3,5-6,11-12H2,1H3. The lowest BCUT2D eigenvalue weighted by molar-refractivity contribution is 0.282. The van der Waals surface area contributed by atoms with Crippen molar-refractivity contribution >= 4 is 39.1 Å². The van der Waals surface area contributed by atoms with Crippen LogP contribution in [0.2, 0.25) is 10.0 Å². The van der Waals surface area contributed by atoms with Crippen molar-refractivity contribution in [2.45, 2.75) is 44.9 Å². The molecule has 2 aromatic carbocycles. The second-order valence-corrected chi connectivity index (χ2v) is 8.13. The topological polar surface area (TPSA) is 30.5 Å². The first-order valence-electron chi connectivity index (χ1n) is 8.74. The molecule has 0 atom stereocenters. The number of hydrogen-bond donors (Lipinski definition) is 1. The smallest absolute Gasteiger partial charge is 0.175 e. The van der Waals surface area contributed by atoms with Gasteiger partial charge in [-0.05, 0) is 58.6 Å². The van der Waals surface area contributed by atoms with Crippen LogP contribution in [0, 0.1) is 0 Å². The molecule has 1 N–H and O–H groups in total. The quantitative estimate of drug-likeness (QED) is 0.522. The van der Waals surface area contributed by atoms with E-state index in [0.717, 1.165) is 22.1 Å². The van der Waals surface area contributed by atoms with E-state index in [0.29, 0.717) is 27.6 Å². The molecule has 6 heteroatoms. The number of nitrogens with one attached hydrogen (secondary N) is 1. The highest BCUT2D eigenvalue weighted by Crippen LogP contribution is 2.38. The summed E-state index contributed by atoms with van der Waals surface area (Å²) in [7, 11) is 1.64. The maximum Gasteiger partial charge on any atom is 0.175 e. The molecule has 0 bridgehead atoms. The number of benzene rings is 2. The Labute approximate surface area is 173 Å². The minimum atomic E-state index is 0.271. The van der Waals surface area contributed by atoms with Crippen molar-refractivity contribution in [2.75, 3.05) is 7.11 Å². The summed E-state index contributed by atoms with van der Waals surface area (Å²) in [5.74, 6) is 1.33. The van der Waals surface area contributed by atoms with Gasteiger partial charge in [-0.1, -0.05) is 42.1 Å². The molecule has 0 amide bonds. The molecule has 26 heavy (non-hydrogen) atoms. The SMILES string of the molecule is COc1cc(CNC2CCCC2)cc(Br)c1OCc1c(Cl)cccc1Cl. The van der Waals surface area contributed by atoms with Gasteiger partial charge in [-0.25, -0.2) is 0 Å². The van der Waals surface area contributed by atoms with Crippen molar-refractivity contribution in [2.24, 2.45) is 0 Å². The Morgan fingerprint density at radius 2 is 1.85 bits per heavy atom. The van der Waals surface area contributed by atoms with E-state index < -0.39 is 0 Å². The van der Waals surface area contributed by atoms with E-state index in [-0.39, 0.29) is 6.61 Å². The molecule has 1 fully saturated rings. The highest BCUT2D eigenvalue weighted by molar-refractivity contribution is 9.10. The van der Waals surface area contributed by atoms with Gasteiger partial charge in [0.05, 0.1) is 11.6 Å². The van der Waals surface area contributed by atoms with Crippen LogP contribution in [0.25, 0.3) is 0 Å². The lowest BCUT2D eigenvalue weighted by Gasteiger charge is -2.17. The summed E-state index contributed by atoms with van der Waals surface area (Å²) >= 11 is 16.0. The number of ether oxygens (including phenoxy) is 2. The molecule has 0 saturated heterocycles. The van der Waals surface area contributed by atoms with Crippen LogP contribution in [-0.2, 0) is 13.2 Å². The fourth-order valence-corrected chi connectivity index (χ4v) is 4.33. The molecule has 0 radical (unpaired) electrons. The van der Waals surface area contributed by atoms with Gasteiger partial charge in [0, 0.05) is 28.2 Å². The first kappa shape index (κ1) is 19.8. The van der Waals surface area contributed by atoms with Gasteiger partial charge in [0.25, 0.3) is 0 Å². The minimum Gasteiger partial charge on any atom is -0.493 e. The zero-order valence-corrected chi connectivity index (χ0v) is 17.8. The monoisotopic (exact) mass is 457 g/mol. The Kier molecular flexibility index (Phi) is 7.10. The molecule has 0 aliphatic heterocycles. The maximum absolute atomic E-state index is 6.22. The third kappa shape index (κ3) is 4.86. The average Bonchev–Trinajstić information content (AvgIpc) is 3.14. The predicted molar refractivity (Wildman–Crippen MR) is 111 cm³/mol. The van der Waals surface area contributed by atoms with Crippen LogP contribution in [0.15, 0.2) is 34.8 Å². The summed E-state index contributed by atoms with van der Waals surface area (Å²) in [6, 6.07) is 10.1. The first-order chi connectivity index (χ1) is 12.6. The Balaban J connectivity index is 1.72. The third-order valence-electron chi connectivity index (χ3n) is 4.66. The minimum absolute atomic E-state index is 0.271. The largest absolute Gasteiger partial charge is 0.493 e. The Morgan fingerprint density at radius 3 is 2.50 bits per heavy atom. The highest BCUT2D eigenvalue weighted by atomic mass is 79.9. The summed E-state index contributed by atoms with van der Waals surface area (Å²) in [6.07, 6.45) is 5.17. The van der Waals surface area contributed by atoms with Crippen molar-refractivity contribution in [3.05, 3.63) is 56.0 Å². The van der Waals surface area contributed by atoms with Crippen molar-refractivity contribution < 1.29 is 9.47 Å². The molecule has 0 spiro atoms. The van der Waals surface area contributed by atoms with Gasteiger partial charge < -0.3 is 14.8 Å². The third-order valence-corrected chi connectivity index (χ3v) is 5.96. The van der Waals surface area contributed by atoms with Gasteiger partial charge >= 0.3 is 0 Å². The van der Waals surface area contributed by atoms with Gasteiger partial charge in [0.1, 0.15) is 6.61 Å². The van der Waals surface area contributed by atoms with E-state index in [4.69, 9.17) is 32.7 Å². The summed E-state index contributed by atoms with van der Waals surface area (Å²) in [5.41, 5.74) is 1.92. The molecule has 0 aromatic heterocycles. The normalized spacial score (nSPS) is 14.6. The second-order valence-electron chi connectivity index (χ2n) is 6.46. The predicted octanol–water partition coefficient (Wildman–Crippen LogP) is 6.38. The van der Waals surface area contributed by atoms with Gasteiger partial charge in [0.15, 0.2) is 11.5 Å². The van der Waals surface area contributed by atoms with Crippen molar-refractivity contribution in [1.29, 1.82) is 0 Å². The Bertz CT molecular complexity index is 743. The lowest BCUT2D eigenvalue weighted by atomic mass is 10.1. The van der Waals surface area contributed by atoms with Gasteiger partial charge in [-0.15, -0.1) is 0 Å². The Hall–Kier alpha value is -0.940. The van der Waals surface area contributed by atoms with Crippen LogP contribution in [0.3, 0.4) is 0 Å². The fraction of sp³-hybridized carbons (Fsp3) is 0.400. The van der Waals surface area contributed by atoms with E-state index in [9.17, 15) is 0 Å². The van der Waals surface area contributed by atoms with E-state index in [2.05, 4.69) is 27.3 Å². The van der Waals surface area contributed by atoms with E-state index >= 15 is 0 Å². The zero-order chi connectivity index (χ0) is 18.5. The summed E-state index contributed by atoms with van der Waals surface area (Å²) in [4.78, 5) is 0. The summed E-state index contributed by atoms with van der Waals surface area (Å²) < 4.78 is 12.4. The van der Waals surface area contributed by atoms with Crippen molar-refractivity contribution in [3.8, 4) is 11.5 Å². The van der Waals surface area contributed by atoms with Crippen LogP contribution in [-0.4, -0.2) is 13.2 Å². The van der Waals surface area contributed by atoms with E-state index in [1.54, 1.807) is 19.2 Å². The van der Waals surface area contributed by atoms with Crippen LogP contribution >= 0.6 is 39.1 Å². The summed E-state index contributed by atoms with van der Waals surface area (Å²) in [5, 5.41) is 4.79. The first-order valence-corrected chi connectivity index (χ1v) is 10.3. The molecule has 3 nitrogen and oxygen atoms in total. The van der Waals surface area contributed by atoms with Gasteiger partial charge in [-0.3, -0.25) is 0 Å². The second kappa shape index (κ2) is 9.32. The molecule has 2 aromatic rings. The molecule has 3 rings (SSSR count). The van der Waals surface area contributed by atoms with Crippen LogP contribution in [0.1, 0.15) is 36.8 Å². The molecule has 1 saturated carbocycles. The highest BCUT2D eigenvalue weighted by Gasteiger charge is 2.17. The Morgan fingerprint density at radius 1 is 1.15 bits per heavy atom. The number of methoxy groups -OCH3 is 1. The number of hydrogen-bond acceptors (Lipinski definition) is 3. The molecular formula is C20H22BrCl2NO2. The van der Waals surface area contributed by atoms with Crippen LogP contribution in [0.5, 0.6) is 11.5 Å². The van der Waals surface area contributed by atoms with E-state index in [1.807, 2.05) is 12.1 Å². The van der Waals surface area contributed by atoms with Crippen molar-refractivity contribution in [3.63, 3.8) is 0 Å². The number of rotatable bonds is 7. The van der Waals surface area contributed by atoms with Crippen molar-refractivity contribution in [1.82, 2.24) is 5.32 Å². The molecule has 140 valence electrons. The summed E-state index contributed by atoms with van der Waals surface area (Å²) in [6.45, 7) is 1.09. The van der Waals surface area contributed by atoms with Crippen LogP contribution in [0.4, 0.5) is 0 Å². The van der Waals surface area contributed by atoms with Gasteiger partial charge in [-0.2, -0.15) is 0 Å². The average molecular weight is 459 g/mol. The van der Waals surface area contributed by atoms with Crippen LogP contribution < -0.4 is 14.8 Å². The molecular weight excluding hydrogens is 437 g/mol.